The second kappa shape index (κ2) is 12.9. The van der Waals surface area contributed by atoms with Crippen LogP contribution in [0.2, 0.25) is 0 Å². The summed E-state index contributed by atoms with van der Waals surface area (Å²) in [6.07, 6.45) is 8.35. The minimum absolute atomic E-state index is 0.129. The Bertz CT molecular complexity index is 3590. The first-order chi connectivity index (χ1) is 29.5. The summed E-state index contributed by atoms with van der Waals surface area (Å²) in [6, 6.07) is 61.7. The van der Waals surface area contributed by atoms with E-state index in [0.29, 0.717) is 0 Å². The molecule has 1 aliphatic rings. The standard InChI is InChI=1S/C57H40N2O/c1-4-39(14-11-13-36-23-30-46-45-17-7-10-22-54(45)60-55(46)33-36)58(41-29-31-43-42-15-5-8-20-50(42)57(2,3)51(43)35-41)40-27-24-37(25-28-40)38-26-32-53-49(34-38)48-19-12-18-47-44-16-6-9-21-52(44)59(53)56(47)48/h4-35H,1H2,2-3H3. The fourth-order valence-corrected chi connectivity index (χ4v) is 10.0. The smallest absolute Gasteiger partial charge is 0.136 e. The molecule has 0 bridgehead atoms. The maximum absolute atomic E-state index is 6.20. The van der Waals surface area contributed by atoms with Gasteiger partial charge in [0, 0.05) is 54.8 Å². The number of anilines is 2. The highest BCUT2D eigenvalue weighted by Crippen LogP contribution is 2.50. The molecule has 12 rings (SSSR count). The van der Waals surface area contributed by atoms with Crippen molar-refractivity contribution < 1.29 is 4.42 Å². The predicted octanol–water partition coefficient (Wildman–Crippen LogP) is 15.6. The Labute approximate surface area is 348 Å². The zero-order valence-corrected chi connectivity index (χ0v) is 33.5. The minimum atomic E-state index is -0.129. The van der Waals surface area contributed by atoms with Crippen LogP contribution < -0.4 is 4.90 Å². The molecule has 1 aliphatic carbocycles. The van der Waals surface area contributed by atoms with E-state index in [0.717, 1.165) is 44.6 Å². The first-order valence-electron chi connectivity index (χ1n) is 20.7. The van der Waals surface area contributed by atoms with Crippen LogP contribution in [0.5, 0.6) is 0 Å². The Morgan fingerprint density at radius 1 is 0.550 bits per heavy atom. The molecule has 3 aromatic heterocycles. The average Bonchev–Trinajstić information content (AvgIpc) is 4.00. The minimum Gasteiger partial charge on any atom is -0.456 e. The lowest BCUT2D eigenvalue weighted by Crippen LogP contribution is -2.18. The van der Waals surface area contributed by atoms with Gasteiger partial charge in [-0.3, -0.25) is 0 Å². The number of furan rings is 1. The Hall–Kier alpha value is -7.62. The van der Waals surface area contributed by atoms with Crippen LogP contribution in [0.15, 0.2) is 205 Å². The van der Waals surface area contributed by atoms with Crippen LogP contribution in [0.25, 0.3) is 88.4 Å². The zero-order valence-electron chi connectivity index (χ0n) is 33.5. The molecule has 0 fully saturated rings. The molecule has 284 valence electrons. The van der Waals surface area contributed by atoms with Crippen molar-refractivity contribution >= 4 is 77.5 Å². The van der Waals surface area contributed by atoms with Crippen LogP contribution in [-0.4, -0.2) is 4.40 Å². The van der Waals surface area contributed by atoms with Crippen molar-refractivity contribution in [1.29, 1.82) is 0 Å². The molecular weight excluding hydrogens is 729 g/mol. The highest BCUT2D eigenvalue weighted by molar-refractivity contribution is 6.23. The summed E-state index contributed by atoms with van der Waals surface area (Å²) < 4.78 is 8.64. The van der Waals surface area contributed by atoms with E-state index in [-0.39, 0.29) is 5.41 Å². The van der Waals surface area contributed by atoms with Crippen molar-refractivity contribution in [2.45, 2.75) is 19.3 Å². The van der Waals surface area contributed by atoms with Gasteiger partial charge >= 0.3 is 0 Å². The number of nitrogens with zero attached hydrogens (tertiary/aromatic N) is 2. The van der Waals surface area contributed by atoms with Gasteiger partial charge in [0.25, 0.3) is 0 Å². The van der Waals surface area contributed by atoms with Crippen LogP contribution in [0.1, 0.15) is 30.5 Å². The third-order valence-corrected chi connectivity index (χ3v) is 12.9. The van der Waals surface area contributed by atoms with Crippen molar-refractivity contribution in [1.82, 2.24) is 4.40 Å². The van der Waals surface area contributed by atoms with E-state index in [1.54, 1.807) is 0 Å². The number of para-hydroxylation sites is 3. The largest absolute Gasteiger partial charge is 0.456 e. The number of hydrogen-bond acceptors (Lipinski definition) is 2. The van der Waals surface area contributed by atoms with Crippen molar-refractivity contribution in [3.8, 4) is 22.3 Å². The van der Waals surface area contributed by atoms with Crippen LogP contribution >= 0.6 is 0 Å². The summed E-state index contributed by atoms with van der Waals surface area (Å²) in [5.74, 6) is 0. The monoisotopic (exact) mass is 768 g/mol. The van der Waals surface area contributed by atoms with E-state index in [1.807, 2.05) is 18.2 Å². The van der Waals surface area contributed by atoms with E-state index in [9.17, 15) is 0 Å². The van der Waals surface area contributed by atoms with Gasteiger partial charge in [0.15, 0.2) is 0 Å². The SMILES string of the molecule is C=CC(=CC=Cc1ccc2c(c1)oc1ccccc12)N(c1ccc(-c2ccc3c(c2)c2cccc4c5ccccc5n3c42)cc1)c1ccc2c(c1)C(C)(C)c1ccccc1-2. The Balaban J connectivity index is 0.947. The predicted molar refractivity (Wildman–Crippen MR) is 254 cm³/mol. The second-order valence-corrected chi connectivity index (χ2v) is 16.6. The maximum Gasteiger partial charge on any atom is 0.136 e. The molecule has 0 unspecified atom stereocenters. The molecule has 0 saturated heterocycles. The highest BCUT2D eigenvalue weighted by Gasteiger charge is 2.35. The van der Waals surface area contributed by atoms with Crippen LogP contribution in [0.4, 0.5) is 11.4 Å². The van der Waals surface area contributed by atoms with Crippen molar-refractivity contribution in [2.24, 2.45) is 0 Å². The lowest BCUT2D eigenvalue weighted by atomic mass is 9.82. The summed E-state index contributed by atoms with van der Waals surface area (Å²) >= 11 is 0. The second-order valence-electron chi connectivity index (χ2n) is 16.6. The maximum atomic E-state index is 6.20. The third-order valence-electron chi connectivity index (χ3n) is 12.9. The number of fused-ring (bicyclic) bond motifs is 12. The van der Waals surface area contributed by atoms with Gasteiger partial charge in [0.05, 0.1) is 16.6 Å². The molecule has 0 spiro atoms. The molecule has 11 aromatic rings. The fourth-order valence-electron chi connectivity index (χ4n) is 10.0. The molecule has 3 heteroatoms. The Morgan fingerprint density at radius 2 is 1.23 bits per heavy atom. The topological polar surface area (TPSA) is 20.8 Å². The van der Waals surface area contributed by atoms with Gasteiger partial charge in [-0.05, 0) is 112 Å². The molecule has 0 N–H and O–H groups in total. The van der Waals surface area contributed by atoms with E-state index >= 15 is 0 Å². The molecule has 0 atom stereocenters. The first-order valence-corrected chi connectivity index (χ1v) is 20.7. The van der Waals surface area contributed by atoms with E-state index in [2.05, 4.69) is 206 Å². The highest BCUT2D eigenvalue weighted by atomic mass is 16.3. The number of aromatic nitrogens is 1. The molecule has 60 heavy (non-hydrogen) atoms. The molecule has 0 radical (unpaired) electrons. The molecule has 8 aromatic carbocycles. The van der Waals surface area contributed by atoms with Crippen molar-refractivity contribution in [3.05, 3.63) is 217 Å². The number of hydrogen-bond donors (Lipinski definition) is 0. The molecule has 3 nitrogen and oxygen atoms in total. The summed E-state index contributed by atoms with van der Waals surface area (Å²) in [5.41, 5.74) is 17.3. The van der Waals surface area contributed by atoms with Crippen molar-refractivity contribution in [3.63, 3.8) is 0 Å². The van der Waals surface area contributed by atoms with E-state index < -0.39 is 0 Å². The summed E-state index contributed by atoms with van der Waals surface area (Å²) in [5, 5.41) is 7.43. The molecule has 0 saturated carbocycles. The van der Waals surface area contributed by atoms with Gasteiger partial charge in [-0.15, -0.1) is 0 Å². The number of rotatable bonds is 7. The third kappa shape index (κ3) is 5.02. The molecular formula is C57H40N2O. The molecule has 0 amide bonds. The summed E-state index contributed by atoms with van der Waals surface area (Å²) in [7, 11) is 0. The quantitative estimate of drug-likeness (QED) is 0.151. The van der Waals surface area contributed by atoms with Crippen molar-refractivity contribution in [2.75, 3.05) is 4.90 Å². The van der Waals surface area contributed by atoms with Gasteiger partial charge in [0.1, 0.15) is 11.2 Å². The average molecular weight is 769 g/mol. The van der Waals surface area contributed by atoms with Gasteiger partial charge in [-0.25, -0.2) is 0 Å². The number of allylic oxidation sites excluding steroid dienone is 3. The lowest BCUT2D eigenvalue weighted by molar-refractivity contribution is 0.660. The Kier molecular flexibility index (Phi) is 7.43. The van der Waals surface area contributed by atoms with E-state index in [4.69, 9.17) is 4.42 Å². The number of benzene rings is 8. The van der Waals surface area contributed by atoms with Gasteiger partial charge < -0.3 is 13.7 Å². The summed E-state index contributed by atoms with van der Waals surface area (Å²) in [6.45, 7) is 9.01. The van der Waals surface area contributed by atoms with Crippen LogP contribution in [0.3, 0.4) is 0 Å². The molecule has 3 heterocycles. The van der Waals surface area contributed by atoms with Gasteiger partial charge in [-0.1, -0.05) is 142 Å². The normalized spacial score (nSPS) is 13.7. The van der Waals surface area contributed by atoms with E-state index in [1.165, 1.54) is 71.5 Å². The van der Waals surface area contributed by atoms with Gasteiger partial charge in [0.2, 0.25) is 0 Å². The van der Waals surface area contributed by atoms with Crippen LogP contribution in [-0.2, 0) is 5.41 Å². The van der Waals surface area contributed by atoms with Gasteiger partial charge in [-0.2, -0.15) is 0 Å². The first kappa shape index (κ1) is 34.4. The Morgan fingerprint density at radius 3 is 2.10 bits per heavy atom. The van der Waals surface area contributed by atoms with Crippen LogP contribution in [0, 0.1) is 0 Å². The fraction of sp³-hybridized carbons (Fsp3) is 0.0526. The molecule has 0 aliphatic heterocycles. The zero-order chi connectivity index (χ0) is 40.1. The lowest BCUT2D eigenvalue weighted by Gasteiger charge is -2.29. The summed E-state index contributed by atoms with van der Waals surface area (Å²) in [4.78, 5) is 2.32.